The minimum absolute atomic E-state index is 0.0337. The van der Waals surface area contributed by atoms with Gasteiger partial charge in [0.25, 0.3) is 5.92 Å². The van der Waals surface area contributed by atoms with Gasteiger partial charge in [-0.25, -0.2) is 8.78 Å². The molecule has 0 bridgehead atoms. The highest BCUT2D eigenvalue weighted by Gasteiger charge is 2.53. The maximum Gasteiger partial charge on any atom is 0.289 e. The molecule has 0 spiro atoms. The van der Waals surface area contributed by atoms with Crippen molar-refractivity contribution in [3.63, 3.8) is 0 Å². The second-order valence-corrected chi connectivity index (χ2v) is 4.56. The van der Waals surface area contributed by atoms with E-state index in [0.717, 1.165) is 12.8 Å². The monoisotopic (exact) mass is 236 g/mol. The van der Waals surface area contributed by atoms with Gasteiger partial charge in [0.05, 0.1) is 6.54 Å². The van der Waals surface area contributed by atoms with Crippen LogP contribution in [0.15, 0.2) is 0 Å². The van der Waals surface area contributed by atoms with Crippen molar-refractivity contribution in [1.29, 1.82) is 0 Å². The van der Waals surface area contributed by atoms with Gasteiger partial charge in [0, 0.05) is 12.6 Å². The van der Waals surface area contributed by atoms with E-state index in [0.29, 0.717) is 6.54 Å². The Morgan fingerprint density at radius 1 is 1.38 bits per heavy atom. The lowest BCUT2D eigenvalue weighted by Crippen LogP contribution is -2.63. The fourth-order valence-corrected chi connectivity index (χ4v) is 2.00. The van der Waals surface area contributed by atoms with Crippen LogP contribution >= 0.6 is 0 Å². The number of hydrogen-bond donors (Lipinski definition) is 3. The average Bonchev–Trinajstić information content (AvgIpc) is 2.24. The van der Waals surface area contributed by atoms with E-state index in [1.165, 1.54) is 0 Å². The van der Waals surface area contributed by atoms with E-state index in [2.05, 4.69) is 10.6 Å². The van der Waals surface area contributed by atoms with Crippen molar-refractivity contribution in [2.75, 3.05) is 19.6 Å². The van der Waals surface area contributed by atoms with Crippen LogP contribution in [0.4, 0.5) is 8.78 Å². The van der Waals surface area contributed by atoms with E-state index in [-0.39, 0.29) is 19.0 Å². The lowest BCUT2D eigenvalue weighted by molar-refractivity contribution is -0.191. The Morgan fingerprint density at radius 3 is 2.50 bits per heavy atom. The molecular formula is C11H22F2N2O. The minimum Gasteiger partial charge on any atom is -0.382 e. The first kappa shape index (κ1) is 13.8. The zero-order valence-corrected chi connectivity index (χ0v) is 10.0. The first-order valence-electron chi connectivity index (χ1n) is 5.99. The van der Waals surface area contributed by atoms with Gasteiger partial charge in [-0.3, -0.25) is 0 Å². The number of nitrogens with one attached hydrogen (secondary N) is 2. The summed E-state index contributed by atoms with van der Waals surface area (Å²) >= 11 is 0. The fraction of sp³-hybridized carbons (Fsp3) is 1.00. The molecule has 0 amide bonds. The SMILES string of the molecule is CCC(CC)NCC1(O)CCNCC1(F)F. The van der Waals surface area contributed by atoms with Gasteiger partial charge in [-0.05, 0) is 25.8 Å². The molecule has 3 N–H and O–H groups in total. The molecule has 16 heavy (non-hydrogen) atoms. The summed E-state index contributed by atoms with van der Waals surface area (Å²) in [6.07, 6.45) is 1.86. The highest BCUT2D eigenvalue weighted by atomic mass is 19.3. The topological polar surface area (TPSA) is 44.3 Å². The molecular weight excluding hydrogens is 214 g/mol. The third kappa shape index (κ3) is 2.90. The standard InChI is InChI=1S/C11H22F2N2O/c1-3-9(4-2)15-7-10(16)5-6-14-8-11(10,12)13/h9,14-16H,3-8H2,1-2H3. The predicted octanol–water partition coefficient (Wildman–Crippen LogP) is 1.12. The molecule has 1 aliphatic heterocycles. The van der Waals surface area contributed by atoms with E-state index in [4.69, 9.17) is 0 Å². The van der Waals surface area contributed by atoms with Crippen LogP contribution in [0.25, 0.3) is 0 Å². The summed E-state index contributed by atoms with van der Waals surface area (Å²) in [6.45, 7) is 3.98. The van der Waals surface area contributed by atoms with Crippen molar-refractivity contribution in [2.45, 2.75) is 50.7 Å². The normalized spacial score (nSPS) is 29.6. The third-order valence-corrected chi connectivity index (χ3v) is 3.41. The smallest absolute Gasteiger partial charge is 0.289 e. The molecule has 0 radical (unpaired) electrons. The van der Waals surface area contributed by atoms with Gasteiger partial charge in [-0.15, -0.1) is 0 Å². The number of piperidine rings is 1. The zero-order valence-electron chi connectivity index (χ0n) is 10.0. The van der Waals surface area contributed by atoms with Crippen molar-refractivity contribution < 1.29 is 13.9 Å². The Morgan fingerprint density at radius 2 is 2.00 bits per heavy atom. The summed E-state index contributed by atoms with van der Waals surface area (Å²) in [7, 11) is 0. The Labute approximate surface area is 95.6 Å². The average molecular weight is 236 g/mol. The molecule has 1 aliphatic rings. The van der Waals surface area contributed by atoms with Crippen LogP contribution < -0.4 is 10.6 Å². The zero-order chi connectivity index (χ0) is 12.2. The Hall–Kier alpha value is -0.260. The quantitative estimate of drug-likeness (QED) is 0.670. The molecule has 1 rings (SSSR count). The van der Waals surface area contributed by atoms with Crippen molar-refractivity contribution in [3.8, 4) is 0 Å². The molecule has 3 nitrogen and oxygen atoms in total. The number of alkyl halides is 2. The molecule has 1 unspecified atom stereocenters. The Balaban J connectivity index is 2.55. The molecule has 1 atom stereocenters. The Bertz CT molecular complexity index is 222. The predicted molar refractivity (Wildman–Crippen MR) is 59.8 cm³/mol. The molecule has 0 saturated carbocycles. The molecule has 1 saturated heterocycles. The highest BCUT2D eigenvalue weighted by Crippen LogP contribution is 2.33. The molecule has 1 fully saturated rings. The summed E-state index contributed by atoms with van der Waals surface area (Å²) in [5.74, 6) is -3.05. The van der Waals surface area contributed by atoms with Crippen molar-refractivity contribution in [1.82, 2.24) is 10.6 Å². The summed E-state index contributed by atoms with van der Waals surface area (Å²) < 4.78 is 27.1. The van der Waals surface area contributed by atoms with Crippen LogP contribution in [0.1, 0.15) is 33.1 Å². The van der Waals surface area contributed by atoms with Gasteiger partial charge >= 0.3 is 0 Å². The molecule has 0 aromatic rings. The van der Waals surface area contributed by atoms with E-state index in [1.54, 1.807) is 0 Å². The molecule has 0 aliphatic carbocycles. The van der Waals surface area contributed by atoms with Gasteiger partial charge in [-0.1, -0.05) is 13.8 Å². The van der Waals surface area contributed by atoms with E-state index >= 15 is 0 Å². The number of aliphatic hydroxyl groups is 1. The van der Waals surface area contributed by atoms with Gasteiger partial charge in [0.15, 0.2) is 0 Å². The maximum atomic E-state index is 13.6. The maximum absolute atomic E-state index is 13.6. The lowest BCUT2D eigenvalue weighted by atomic mass is 9.88. The van der Waals surface area contributed by atoms with E-state index in [9.17, 15) is 13.9 Å². The summed E-state index contributed by atoms with van der Waals surface area (Å²) in [5, 5.41) is 15.6. The van der Waals surface area contributed by atoms with Crippen LogP contribution in [0.2, 0.25) is 0 Å². The highest BCUT2D eigenvalue weighted by molar-refractivity contribution is 5.00. The summed E-state index contributed by atoms with van der Waals surface area (Å²) in [5.41, 5.74) is -1.90. The van der Waals surface area contributed by atoms with Crippen molar-refractivity contribution in [2.24, 2.45) is 0 Å². The van der Waals surface area contributed by atoms with E-state index in [1.807, 2.05) is 13.8 Å². The van der Waals surface area contributed by atoms with Gasteiger partial charge < -0.3 is 15.7 Å². The van der Waals surface area contributed by atoms with Crippen LogP contribution in [0.5, 0.6) is 0 Å². The van der Waals surface area contributed by atoms with Gasteiger partial charge in [-0.2, -0.15) is 0 Å². The second-order valence-electron chi connectivity index (χ2n) is 4.56. The number of rotatable bonds is 5. The molecule has 0 aromatic carbocycles. The molecule has 0 aromatic heterocycles. The number of hydrogen-bond acceptors (Lipinski definition) is 3. The fourth-order valence-electron chi connectivity index (χ4n) is 2.00. The third-order valence-electron chi connectivity index (χ3n) is 3.41. The van der Waals surface area contributed by atoms with Gasteiger partial charge in [0.2, 0.25) is 0 Å². The first-order valence-corrected chi connectivity index (χ1v) is 5.99. The second kappa shape index (κ2) is 5.38. The van der Waals surface area contributed by atoms with Crippen molar-refractivity contribution in [3.05, 3.63) is 0 Å². The molecule has 96 valence electrons. The van der Waals surface area contributed by atoms with Gasteiger partial charge in [0.1, 0.15) is 5.60 Å². The Kier molecular flexibility index (Phi) is 4.64. The van der Waals surface area contributed by atoms with Crippen molar-refractivity contribution >= 4 is 0 Å². The summed E-state index contributed by atoms with van der Waals surface area (Å²) in [4.78, 5) is 0. The van der Waals surface area contributed by atoms with Crippen LogP contribution in [0, 0.1) is 0 Å². The number of halogens is 2. The minimum atomic E-state index is -3.05. The molecule has 5 heteroatoms. The lowest BCUT2D eigenvalue weighted by Gasteiger charge is -2.40. The first-order chi connectivity index (χ1) is 7.45. The van der Waals surface area contributed by atoms with E-state index < -0.39 is 18.1 Å². The molecule has 1 heterocycles. The largest absolute Gasteiger partial charge is 0.382 e. The van der Waals surface area contributed by atoms with Crippen LogP contribution in [0.3, 0.4) is 0 Å². The summed E-state index contributed by atoms with van der Waals surface area (Å²) in [6, 6.07) is 0.203. The van der Waals surface area contributed by atoms with Crippen LogP contribution in [-0.2, 0) is 0 Å². The van der Waals surface area contributed by atoms with Crippen LogP contribution in [-0.4, -0.2) is 42.3 Å².